The molecule has 18 heavy (non-hydrogen) atoms. The first-order valence-corrected chi connectivity index (χ1v) is 7.22. The molecule has 1 fully saturated rings. The van der Waals surface area contributed by atoms with Gasteiger partial charge in [0.2, 0.25) is 0 Å². The standard InChI is InChI=1S/C13H18N2OS.ClH/c14-10-5-6-15(8-10)13(16)12-7-9-3-1-2-4-11(9)17-12;/h7,10H,1-6,8,14H2;1H/t10-;/m0./s1. The molecular formula is C13H19ClN2OS. The van der Waals surface area contributed by atoms with Gasteiger partial charge in [0.15, 0.2) is 0 Å². The van der Waals surface area contributed by atoms with E-state index in [4.69, 9.17) is 5.73 Å². The molecule has 3 nitrogen and oxygen atoms in total. The van der Waals surface area contributed by atoms with E-state index in [9.17, 15) is 4.79 Å². The van der Waals surface area contributed by atoms with E-state index in [1.807, 2.05) is 4.90 Å². The van der Waals surface area contributed by atoms with E-state index in [0.29, 0.717) is 0 Å². The summed E-state index contributed by atoms with van der Waals surface area (Å²) in [5.41, 5.74) is 7.26. The Kier molecular flexibility index (Phi) is 4.30. The van der Waals surface area contributed by atoms with Gasteiger partial charge in [0, 0.05) is 24.0 Å². The third-order valence-corrected chi connectivity index (χ3v) is 4.94. The van der Waals surface area contributed by atoms with E-state index in [1.54, 1.807) is 11.3 Å². The Balaban J connectivity index is 0.00000120. The summed E-state index contributed by atoms with van der Waals surface area (Å²) in [6.07, 6.45) is 5.80. The van der Waals surface area contributed by atoms with Crippen molar-refractivity contribution in [1.82, 2.24) is 4.90 Å². The molecule has 2 N–H and O–H groups in total. The summed E-state index contributed by atoms with van der Waals surface area (Å²) < 4.78 is 0. The molecule has 1 atom stereocenters. The predicted molar refractivity (Wildman–Crippen MR) is 76.7 cm³/mol. The fourth-order valence-electron chi connectivity index (χ4n) is 2.72. The maximum Gasteiger partial charge on any atom is 0.263 e. The smallest absolute Gasteiger partial charge is 0.263 e. The number of hydrogen-bond acceptors (Lipinski definition) is 3. The predicted octanol–water partition coefficient (Wildman–Crippen LogP) is 2.22. The SMILES string of the molecule is Cl.N[C@H]1CCN(C(=O)c2cc3c(s2)CCCC3)C1. The first-order chi connectivity index (χ1) is 8.24. The lowest BCUT2D eigenvalue weighted by molar-refractivity contribution is 0.0795. The molecule has 1 aliphatic heterocycles. The maximum atomic E-state index is 12.3. The molecule has 3 rings (SSSR count). The Hall–Kier alpha value is -0.580. The van der Waals surface area contributed by atoms with Crippen molar-refractivity contribution >= 4 is 29.7 Å². The Morgan fingerprint density at radius 3 is 2.83 bits per heavy atom. The van der Waals surface area contributed by atoms with Gasteiger partial charge in [-0.25, -0.2) is 0 Å². The van der Waals surface area contributed by atoms with Crippen LogP contribution in [-0.4, -0.2) is 29.9 Å². The molecule has 1 aliphatic carbocycles. The summed E-state index contributed by atoms with van der Waals surface area (Å²) in [7, 11) is 0. The lowest BCUT2D eigenvalue weighted by Crippen LogP contribution is -2.31. The molecule has 1 amide bonds. The number of rotatable bonds is 1. The minimum atomic E-state index is 0. The Morgan fingerprint density at radius 1 is 1.39 bits per heavy atom. The van der Waals surface area contributed by atoms with Gasteiger partial charge in [-0.15, -0.1) is 23.7 Å². The van der Waals surface area contributed by atoms with Crippen LogP contribution < -0.4 is 5.73 Å². The van der Waals surface area contributed by atoms with Crippen LogP contribution in [0.1, 0.15) is 39.4 Å². The minimum absolute atomic E-state index is 0. The van der Waals surface area contributed by atoms with Crippen molar-refractivity contribution < 1.29 is 4.79 Å². The molecule has 100 valence electrons. The number of fused-ring (bicyclic) bond motifs is 1. The number of nitrogens with zero attached hydrogens (tertiary/aromatic N) is 1. The van der Waals surface area contributed by atoms with Crippen LogP contribution in [0.3, 0.4) is 0 Å². The zero-order valence-electron chi connectivity index (χ0n) is 10.4. The first-order valence-electron chi connectivity index (χ1n) is 6.40. The summed E-state index contributed by atoms with van der Waals surface area (Å²) in [6, 6.07) is 2.29. The molecule has 2 aliphatic rings. The number of likely N-dealkylation sites (tertiary alicyclic amines) is 1. The number of thiophene rings is 1. The van der Waals surface area contributed by atoms with E-state index in [2.05, 4.69) is 6.07 Å². The second kappa shape index (κ2) is 5.59. The van der Waals surface area contributed by atoms with E-state index in [1.165, 1.54) is 23.3 Å². The number of halogens is 1. The van der Waals surface area contributed by atoms with Crippen molar-refractivity contribution in [1.29, 1.82) is 0 Å². The normalized spacial score (nSPS) is 22.5. The molecule has 2 heterocycles. The third-order valence-electron chi connectivity index (χ3n) is 3.72. The van der Waals surface area contributed by atoms with Crippen LogP contribution >= 0.6 is 23.7 Å². The highest BCUT2D eigenvalue weighted by Gasteiger charge is 2.26. The molecule has 1 aromatic heterocycles. The number of carbonyl (C=O) groups is 1. The lowest BCUT2D eigenvalue weighted by atomic mass is 9.99. The molecule has 0 saturated carbocycles. The van der Waals surface area contributed by atoms with Crippen molar-refractivity contribution in [3.8, 4) is 0 Å². The molecule has 0 radical (unpaired) electrons. The molecule has 0 unspecified atom stereocenters. The average Bonchev–Trinajstić information content (AvgIpc) is 2.93. The largest absolute Gasteiger partial charge is 0.336 e. The Morgan fingerprint density at radius 2 is 2.17 bits per heavy atom. The monoisotopic (exact) mass is 286 g/mol. The highest BCUT2D eigenvalue weighted by atomic mass is 35.5. The highest BCUT2D eigenvalue weighted by Crippen LogP contribution is 2.30. The molecule has 1 aromatic rings. The van der Waals surface area contributed by atoms with Gasteiger partial charge >= 0.3 is 0 Å². The van der Waals surface area contributed by atoms with Crippen LogP contribution in [0.2, 0.25) is 0 Å². The minimum Gasteiger partial charge on any atom is -0.336 e. The molecule has 0 bridgehead atoms. The van der Waals surface area contributed by atoms with Crippen LogP contribution in [0.4, 0.5) is 0 Å². The van der Waals surface area contributed by atoms with E-state index in [-0.39, 0.29) is 24.4 Å². The number of nitrogens with two attached hydrogens (primary N) is 1. The van der Waals surface area contributed by atoms with Crippen molar-refractivity contribution in [2.24, 2.45) is 5.73 Å². The number of carbonyl (C=O) groups excluding carboxylic acids is 1. The van der Waals surface area contributed by atoms with Gasteiger partial charge in [-0.05, 0) is 43.7 Å². The fourth-order valence-corrected chi connectivity index (χ4v) is 3.95. The van der Waals surface area contributed by atoms with Gasteiger partial charge in [-0.1, -0.05) is 0 Å². The second-order valence-electron chi connectivity index (χ2n) is 5.07. The maximum absolute atomic E-state index is 12.3. The zero-order valence-corrected chi connectivity index (χ0v) is 12.0. The summed E-state index contributed by atoms with van der Waals surface area (Å²) in [4.78, 5) is 16.6. The van der Waals surface area contributed by atoms with Crippen LogP contribution in [0.5, 0.6) is 0 Å². The molecule has 1 saturated heterocycles. The van der Waals surface area contributed by atoms with Crippen LogP contribution in [0.25, 0.3) is 0 Å². The average molecular weight is 287 g/mol. The van der Waals surface area contributed by atoms with Crippen molar-refractivity contribution in [2.45, 2.75) is 38.1 Å². The van der Waals surface area contributed by atoms with Crippen LogP contribution in [0.15, 0.2) is 6.07 Å². The molecule has 0 aromatic carbocycles. The number of amides is 1. The van der Waals surface area contributed by atoms with Crippen LogP contribution in [-0.2, 0) is 12.8 Å². The van der Waals surface area contributed by atoms with Crippen molar-refractivity contribution in [3.05, 3.63) is 21.4 Å². The number of aryl methyl sites for hydroxylation is 2. The Bertz CT molecular complexity index is 423. The lowest BCUT2D eigenvalue weighted by Gasteiger charge is -2.14. The van der Waals surface area contributed by atoms with Gasteiger partial charge < -0.3 is 10.6 Å². The van der Waals surface area contributed by atoms with E-state index < -0.39 is 0 Å². The van der Waals surface area contributed by atoms with Gasteiger partial charge in [-0.2, -0.15) is 0 Å². The second-order valence-corrected chi connectivity index (χ2v) is 6.20. The number of hydrogen-bond donors (Lipinski definition) is 1. The fraction of sp³-hybridized carbons (Fsp3) is 0.615. The Labute approximate surface area is 118 Å². The summed E-state index contributed by atoms with van der Waals surface area (Å²) >= 11 is 1.70. The highest BCUT2D eigenvalue weighted by molar-refractivity contribution is 7.14. The molecule has 5 heteroatoms. The summed E-state index contributed by atoms with van der Waals surface area (Å²) in [6.45, 7) is 1.55. The molecular weight excluding hydrogens is 268 g/mol. The van der Waals surface area contributed by atoms with E-state index >= 15 is 0 Å². The van der Waals surface area contributed by atoms with Gasteiger partial charge in [0.25, 0.3) is 5.91 Å². The van der Waals surface area contributed by atoms with Crippen molar-refractivity contribution in [3.63, 3.8) is 0 Å². The van der Waals surface area contributed by atoms with Gasteiger partial charge in [0.1, 0.15) is 0 Å². The van der Waals surface area contributed by atoms with Gasteiger partial charge in [-0.3, -0.25) is 4.79 Å². The van der Waals surface area contributed by atoms with Crippen molar-refractivity contribution in [2.75, 3.05) is 13.1 Å². The van der Waals surface area contributed by atoms with Gasteiger partial charge in [0.05, 0.1) is 4.88 Å². The summed E-state index contributed by atoms with van der Waals surface area (Å²) in [5.74, 6) is 0.192. The van der Waals surface area contributed by atoms with E-state index in [0.717, 1.165) is 37.2 Å². The third kappa shape index (κ3) is 2.56. The molecule has 0 spiro atoms. The topological polar surface area (TPSA) is 46.3 Å². The quantitative estimate of drug-likeness (QED) is 0.860. The van der Waals surface area contributed by atoms with Crippen LogP contribution in [0, 0.1) is 0 Å². The first kappa shape index (κ1) is 13.8. The zero-order chi connectivity index (χ0) is 11.8. The summed E-state index contributed by atoms with van der Waals surface area (Å²) in [5, 5.41) is 0.